The molecule has 0 aromatic heterocycles. The average molecular weight is 283 g/mol. The zero-order chi connectivity index (χ0) is 13.7. The molecule has 2 rings (SSSR count). The van der Waals surface area contributed by atoms with Crippen LogP contribution in [0.4, 0.5) is 0 Å². The molecule has 1 amide bonds. The molecule has 1 atom stereocenters. The van der Waals surface area contributed by atoms with Crippen LogP contribution < -0.4 is 15.4 Å². The number of halogens is 1. The fourth-order valence-electron chi connectivity index (χ4n) is 2.30. The number of ether oxygens (including phenoxy) is 1. The normalized spacial score (nSPS) is 19.7. The van der Waals surface area contributed by atoms with Crippen LogP contribution in [-0.2, 0) is 11.3 Å². The summed E-state index contributed by atoms with van der Waals surface area (Å²) in [5, 5.41) is 6.96. The largest absolute Gasteiger partial charge is 0.496 e. The third kappa shape index (κ3) is 3.85. The van der Waals surface area contributed by atoms with Gasteiger partial charge in [0.25, 0.3) is 0 Å². The lowest BCUT2D eigenvalue weighted by atomic mass is 10.1. The van der Waals surface area contributed by atoms with E-state index in [1.807, 2.05) is 18.2 Å². The van der Waals surface area contributed by atoms with Crippen molar-refractivity contribution in [1.82, 2.24) is 10.6 Å². The number of hydrogen-bond acceptors (Lipinski definition) is 3. The lowest BCUT2D eigenvalue weighted by Crippen LogP contribution is -2.32. The molecule has 1 aliphatic rings. The summed E-state index contributed by atoms with van der Waals surface area (Å²) < 4.78 is 5.31. The summed E-state index contributed by atoms with van der Waals surface area (Å²) in [5.41, 5.74) is 0.941. The first-order valence-electron chi connectivity index (χ1n) is 6.52. The second-order valence-corrected chi connectivity index (χ2v) is 5.10. The lowest BCUT2D eigenvalue weighted by Gasteiger charge is -2.17. The molecule has 0 spiro atoms. The molecule has 0 radical (unpaired) electrons. The Kier molecular flexibility index (Phi) is 5.05. The second kappa shape index (κ2) is 6.78. The second-order valence-electron chi connectivity index (χ2n) is 4.69. The predicted molar refractivity (Wildman–Crippen MR) is 75.5 cm³/mol. The molecule has 104 valence electrons. The van der Waals surface area contributed by atoms with Gasteiger partial charge in [0.05, 0.1) is 7.11 Å². The Morgan fingerprint density at radius 1 is 1.53 bits per heavy atom. The Bertz CT molecular complexity index is 451. The predicted octanol–water partition coefficient (Wildman–Crippen LogP) is 2.11. The van der Waals surface area contributed by atoms with Gasteiger partial charge < -0.3 is 15.4 Å². The summed E-state index contributed by atoms with van der Waals surface area (Å²) in [4.78, 5) is 11.5. The smallest absolute Gasteiger partial charge is 0.221 e. The van der Waals surface area contributed by atoms with E-state index in [2.05, 4.69) is 10.6 Å². The van der Waals surface area contributed by atoms with E-state index in [0.717, 1.165) is 30.7 Å². The van der Waals surface area contributed by atoms with Gasteiger partial charge in [0.15, 0.2) is 0 Å². The summed E-state index contributed by atoms with van der Waals surface area (Å²) in [6.45, 7) is 1.38. The molecule has 0 saturated carbocycles. The lowest BCUT2D eigenvalue weighted by molar-refractivity contribution is -0.121. The van der Waals surface area contributed by atoms with Crippen LogP contribution in [0.2, 0.25) is 5.02 Å². The quantitative estimate of drug-likeness (QED) is 0.889. The number of methoxy groups -OCH3 is 1. The highest BCUT2D eigenvalue weighted by Gasteiger charge is 2.17. The number of nitrogens with one attached hydrogen (secondary N) is 2. The Hall–Kier alpha value is -1.26. The number of rotatable bonds is 4. The fraction of sp³-hybridized carbons (Fsp3) is 0.500. The molecule has 1 fully saturated rings. The van der Waals surface area contributed by atoms with Crippen molar-refractivity contribution in [2.45, 2.75) is 31.8 Å². The van der Waals surface area contributed by atoms with E-state index in [9.17, 15) is 4.79 Å². The Balaban J connectivity index is 2.00. The highest BCUT2D eigenvalue weighted by Crippen LogP contribution is 2.26. The molecule has 1 heterocycles. The van der Waals surface area contributed by atoms with Crippen molar-refractivity contribution in [2.24, 2.45) is 0 Å². The zero-order valence-electron chi connectivity index (χ0n) is 11.0. The van der Waals surface area contributed by atoms with Crippen molar-refractivity contribution in [1.29, 1.82) is 0 Å². The van der Waals surface area contributed by atoms with Crippen molar-refractivity contribution < 1.29 is 9.53 Å². The van der Waals surface area contributed by atoms with Gasteiger partial charge >= 0.3 is 0 Å². The molecule has 19 heavy (non-hydrogen) atoms. The Morgan fingerprint density at radius 2 is 2.37 bits per heavy atom. The molecule has 4 nitrogen and oxygen atoms in total. The number of benzene rings is 1. The van der Waals surface area contributed by atoms with E-state index >= 15 is 0 Å². The number of hydrogen-bond donors (Lipinski definition) is 2. The standard InChI is InChI=1S/C14H19ClN2O2/c1-19-13-6-2-5-12(15)11(13)9-17-10-4-3-7-16-14(18)8-10/h2,5-6,10,17H,3-4,7-9H2,1H3,(H,16,18). The van der Waals surface area contributed by atoms with Crippen molar-refractivity contribution in [3.63, 3.8) is 0 Å². The van der Waals surface area contributed by atoms with E-state index in [1.165, 1.54) is 0 Å². The van der Waals surface area contributed by atoms with Gasteiger partial charge in [-0.1, -0.05) is 17.7 Å². The molecular weight excluding hydrogens is 264 g/mol. The van der Waals surface area contributed by atoms with Crippen LogP contribution in [0.1, 0.15) is 24.8 Å². The monoisotopic (exact) mass is 282 g/mol. The van der Waals surface area contributed by atoms with E-state index < -0.39 is 0 Å². The molecule has 1 aliphatic heterocycles. The highest BCUT2D eigenvalue weighted by molar-refractivity contribution is 6.31. The van der Waals surface area contributed by atoms with Gasteiger partial charge in [-0.15, -0.1) is 0 Å². The maximum Gasteiger partial charge on any atom is 0.221 e. The summed E-state index contributed by atoms with van der Waals surface area (Å²) in [6, 6.07) is 5.80. The molecule has 2 N–H and O–H groups in total. The van der Waals surface area contributed by atoms with Crippen LogP contribution in [-0.4, -0.2) is 25.6 Å². The number of carbonyl (C=O) groups excluding carboxylic acids is 1. The van der Waals surface area contributed by atoms with Crippen molar-refractivity contribution in [3.05, 3.63) is 28.8 Å². The molecule has 0 aliphatic carbocycles. The zero-order valence-corrected chi connectivity index (χ0v) is 11.8. The summed E-state index contributed by atoms with van der Waals surface area (Å²) >= 11 is 6.19. The van der Waals surface area contributed by atoms with Gasteiger partial charge in [-0.05, 0) is 25.0 Å². The Morgan fingerprint density at radius 3 is 3.16 bits per heavy atom. The van der Waals surface area contributed by atoms with Crippen LogP contribution in [0, 0.1) is 0 Å². The van der Waals surface area contributed by atoms with Crippen molar-refractivity contribution in [3.8, 4) is 5.75 Å². The maximum absolute atomic E-state index is 11.5. The van der Waals surface area contributed by atoms with Crippen LogP contribution in [0.15, 0.2) is 18.2 Å². The van der Waals surface area contributed by atoms with Crippen LogP contribution in [0.5, 0.6) is 5.75 Å². The SMILES string of the molecule is COc1cccc(Cl)c1CNC1CCCNC(=O)C1. The van der Waals surface area contributed by atoms with Gasteiger partial charge in [-0.3, -0.25) is 4.79 Å². The van der Waals surface area contributed by atoms with E-state index in [4.69, 9.17) is 16.3 Å². The average Bonchev–Trinajstić information content (AvgIpc) is 2.61. The minimum atomic E-state index is 0.112. The van der Waals surface area contributed by atoms with E-state index in [-0.39, 0.29) is 11.9 Å². The summed E-state index contributed by atoms with van der Waals surface area (Å²) in [5.74, 6) is 0.888. The van der Waals surface area contributed by atoms with Gasteiger partial charge in [0, 0.05) is 36.1 Å². The topological polar surface area (TPSA) is 50.4 Å². The number of amides is 1. The minimum Gasteiger partial charge on any atom is -0.496 e. The fourth-order valence-corrected chi connectivity index (χ4v) is 2.53. The van der Waals surface area contributed by atoms with Crippen LogP contribution >= 0.6 is 11.6 Å². The third-order valence-corrected chi connectivity index (χ3v) is 3.70. The first-order valence-corrected chi connectivity index (χ1v) is 6.90. The third-order valence-electron chi connectivity index (χ3n) is 3.35. The van der Waals surface area contributed by atoms with Gasteiger partial charge in [-0.25, -0.2) is 0 Å². The first-order chi connectivity index (χ1) is 9.20. The van der Waals surface area contributed by atoms with Gasteiger partial charge in [0.1, 0.15) is 5.75 Å². The van der Waals surface area contributed by atoms with E-state index in [0.29, 0.717) is 18.0 Å². The Labute approximate surface area is 118 Å². The number of carbonyl (C=O) groups is 1. The van der Waals surface area contributed by atoms with Crippen molar-refractivity contribution >= 4 is 17.5 Å². The van der Waals surface area contributed by atoms with E-state index in [1.54, 1.807) is 7.11 Å². The molecule has 0 bridgehead atoms. The van der Waals surface area contributed by atoms with Crippen LogP contribution in [0.25, 0.3) is 0 Å². The molecule has 1 saturated heterocycles. The van der Waals surface area contributed by atoms with Gasteiger partial charge in [0.2, 0.25) is 5.91 Å². The molecular formula is C14H19ClN2O2. The first kappa shape index (κ1) is 14.2. The molecule has 1 unspecified atom stereocenters. The minimum absolute atomic E-state index is 0.112. The summed E-state index contributed by atoms with van der Waals surface area (Å²) in [7, 11) is 1.63. The molecule has 5 heteroatoms. The van der Waals surface area contributed by atoms with Gasteiger partial charge in [-0.2, -0.15) is 0 Å². The summed E-state index contributed by atoms with van der Waals surface area (Å²) in [6.07, 6.45) is 2.52. The van der Waals surface area contributed by atoms with Crippen LogP contribution in [0.3, 0.4) is 0 Å². The highest BCUT2D eigenvalue weighted by atomic mass is 35.5. The molecule has 1 aromatic rings. The van der Waals surface area contributed by atoms with Crippen molar-refractivity contribution in [2.75, 3.05) is 13.7 Å². The maximum atomic E-state index is 11.5. The molecule has 1 aromatic carbocycles.